The second-order valence-electron chi connectivity index (χ2n) is 4.94. The van der Waals surface area contributed by atoms with Gasteiger partial charge in [0.25, 0.3) is 11.5 Å². The van der Waals surface area contributed by atoms with Crippen LogP contribution in [0.1, 0.15) is 31.2 Å². The Bertz CT molecular complexity index is 489. The number of carbonyl (C=O) groups is 1. The quantitative estimate of drug-likeness (QED) is 0.775. The van der Waals surface area contributed by atoms with Crippen molar-refractivity contribution in [3.05, 3.63) is 35.4 Å². The van der Waals surface area contributed by atoms with Crippen molar-refractivity contribution in [3.63, 3.8) is 0 Å². The normalized spacial score (nSPS) is 17.2. The summed E-state index contributed by atoms with van der Waals surface area (Å²) in [6.45, 7) is -0.166. The lowest BCUT2D eigenvalue weighted by Crippen LogP contribution is -2.41. The van der Waals surface area contributed by atoms with Crippen LogP contribution in [0, 0.1) is 11.6 Å². The van der Waals surface area contributed by atoms with Crippen LogP contribution in [-0.2, 0) is 11.3 Å². The number of hydrogen-bond acceptors (Lipinski definition) is 1. The Labute approximate surface area is 120 Å². The van der Waals surface area contributed by atoms with Crippen molar-refractivity contribution in [1.82, 2.24) is 4.90 Å². The van der Waals surface area contributed by atoms with Gasteiger partial charge in [0, 0.05) is 18.2 Å². The van der Waals surface area contributed by atoms with E-state index in [-0.39, 0.29) is 18.2 Å². The Morgan fingerprint density at radius 1 is 1.35 bits per heavy atom. The molecule has 1 fully saturated rings. The Balaban J connectivity index is 2.22. The summed E-state index contributed by atoms with van der Waals surface area (Å²) in [7, 11) is 0. The highest BCUT2D eigenvalue weighted by molar-refractivity contribution is 6.29. The van der Waals surface area contributed by atoms with Crippen molar-refractivity contribution in [2.45, 2.75) is 43.9 Å². The number of halogens is 4. The zero-order chi connectivity index (χ0) is 14.7. The fourth-order valence-corrected chi connectivity index (χ4v) is 2.70. The lowest BCUT2D eigenvalue weighted by Gasteiger charge is -2.29. The molecule has 0 saturated heterocycles. The van der Waals surface area contributed by atoms with E-state index in [2.05, 4.69) is 0 Å². The van der Waals surface area contributed by atoms with Gasteiger partial charge in [-0.2, -0.15) is 0 Å². The molecule has 1 unspecified atom stereocenters. The summed E-state index contributed by atoms with van der Waals surface area (Å²) in [5, 5.41) is 0. The molecular formula is C14H15ClF3NO. The minimum absolute atomic E-state index is 0.0302. The van der Waals surface area contributed by atoms with Crippen molar-refractivity contribution < 1.29 is 18.0 Å². The standard InChI is InChI=1S/C14H15ClF3NO/c15-13(18)14(20)19(11-3-1-2-4-11)8-9-7-10(16)5-6-12(9)17/h5-7,11,13H,1-4,8H2. The van der Waals surface area contributed by atoms with E-state index in [1.807, 2.05) is 0 Å². The highest BCUT2D eigenvalue weighted by Crippen LogP contribution is 2.27. The van der Waals surface area contributed by atoms with Crippen LogP contribution < -0.4 is 0 Å². The van der Waals surface area contributed by atoms with Gasteiger partial charge in [-0.15, -0.1) is 0 Å². The predicted octanol–water partition coefficient (Wildman–Crippen LogP) is 3.77. The fraction of sp³-hybridized carbons (Fsp3) is 0.500. The molecule has 0 N–H and O–H groups in total. The number of alkyl halides is 2. The molecule has 1 atom stereocenters. The average Bonchev–Trinajstić information content (AvgIpc) is 2.92. The molecule has 0 heterocycles. The molecule has 1 saturated carbocycles. The average molecular weight is 306 g/mol. The van der Waals surface area contributed by atoms with Crippen molar-refractivity contribution in [2.24, 2.45) is 0 Å². The maximum atomic E-state index is 13.7. The molecule has 20 heavy (non-hydrogen) atoms. The van der Waals surface area contributed by atoms with Crippen LogP contribution >= 0.6 is 11.6 Å². The molecule has 1 amide bonds. The summed E-state index contributed by atoms with van der Waals surface area (Å²) >= 11 is 5.21. The molecule has 0 spiro atoms. The van der Waals surface area contributed by atoms with Gasteiger partial charge in [0.15, 0.2) is 0 Å². The van der Waals surface area contributed by atoms with Gasteiger partial charge in [-0.25, -0.2) is 13.2 Å². The topological polar surface area (TPSA) is 20.3 Å². The lowest BCUT2D eigenvalue weighted by atomic mass is 10.1. The monoisotopic (exact) mass is 305 g/mol. The first kappa shape index (κ1) is 15.2. The van der Waals surface area contributed by atoms with Crippen molar-refractivity contribution in [2.75, 3.05) is 0 Å². The summed E-state index contributed by atoms with van der Waals surface area (Å²) in [5.41, 5.74) is -2.13. The van der Waals surface area contributed by atoms with Crippen molar-refractivity contribution in [1.29, 1.82) is 0 Å². The van der Waals surface area contributed by atoms with E-state index in [0.29, 0.717) is 0 Å². The van der Waals surface area contributed by atoms with Crippen molar-refractivity contribution >= 4 is 17.5 Å². The van der Waals surface area contributed by atoms with Crippen LogP contribution in [0.5, 0.6) is 0 Å². The molecule has 1 aliphatic carbocycles. The Morgan fingerprint density at radius 3 is 2.60 bits per heavy atom. The molecule has 2 rings (SSSR count). The molecule has 0 aliphatic heterocycles. The number of carbonyl (C=O) groups excluding carboxylic acids is 1. The van der Waals surface area contributed by atoms with E-state index in [0.717, 1.165) is 43.9 Å². The molecular weight excluding hydrogens is 291 g/mol. The highest BCUT2D eigenvalue weighted by atomic mass is 35.5. The van der Waals surface area contributed by atoms with Gasteiger partial charge in [0.05, 0.1) is 0 Å². The minimum atomic E-state index is -2.16. The summed E-state index contributed by atoms with van der Waals surface area (Å²) in [6, 6.07) is 2.85. The highest BCUT2D eigenvalue weighted by Gasteiger charge is 2.31. The Kier molecular flexibility index (Phi) is 4.91. The lowest BCUT2D eigenvalue weighted by molar-refractivity contribution is -0.136. The van der Waals surface area contributed by atoms with E-state index in [1.165, 1.54) is 4.90 Å². The molecule has 1 aromatic carbocycles. The number of amides is 1. The first-order chi connectivity index (χ1) is 9.49. The summed E-state index contributed by atoms with van der Waals surface area (Å²) in [4.78, 5) is 13.1. The summed E-state index contributed by atoms with van der Waals surface area (Å²) < 4.78 is 39.9. The van der Waals surface area contributed by atoms with E-state index in [4.69, 9.17) is 11.6 Å². The molecule has 0 aromatic heterocycles. The molecule has 1 aliphatic rings. The van der Waals surface area contributed by atoms with E-state index < -0.39 is 23.2 Å². The van der Waals surface area contributed by atoms with E-state index in [9.17, 15) is 18.0 Å². The summed E-state index contributed by atoms with van der Waals surface area (Å²) in [5.74, 6) is -2.10. The van der Waals surface area contributed by atoms with Crippen molar-refractivity contribution in [3.8, 4) is 0 Å². The second kappa shape index (κ2) is 6.48. The number of benzene rings is 1. The van der Waals surface area contributed by atoms with Crippen LogP contribution in [0.25, 0.3) is 0 Å². The van der Waals surface area contributed by atoms with Gasteiger partial charge in [-0.1, -0.05) is 24.4 Å². The van der Waals surface area contributed by atoms with Gasteiger partial charge in [-0.05, 0) is 31.0 Å². The van der Waals surface area contributed by atoms with E-state index >= 15 is 0 Å². The maximum absolute atomic E-state index is 13.7. The largest absolute Gasteiger partial charge is 0.332 e. The van der Waals surface area contributed by atoms with Gasteiger partial charge in [-0.3, -0.25) is 4.79 Å². The van der Waals surface area contributed by atoms with Gasteiger partial charge in [0.2, 0.25) is 0 Å². The minimum Gasteiger partial charge on any atom is -0.332 e. The zero-order valence-corrected chi connectivity index (χ0v) is 11.5. The van der Waals surface area contributed by atoms with Gasteiger partial charge >= 0.3 is 0 Å². The van der Waals surface area contributed by atoms with Crippen LogP contribution in [0.4, 0.5) is 13.2 Å². The fourth-order valence-electron chi connectivity index (χ4n) is 2.58. The van der Waals surface area contributed by atoms with E-state index in [1.54, 1.807) is 0 Å². The predicted molar refractivity (Wildman–Crippen MR) is 69.9 cm³/mol. The summed E-state index contributed by atoms with van der Waals surface area (Å²) in [6.07, 6.45) is 3.32. The molecule has 0 bridgehead atoms. The first-order valence-electron chi connectivity index (χ1n) is 6.51. The Morgan fingerprint density at radius 2 is 2.00 bits per heavy atom. The van der Waals surface area contributed by atoms with Crippen LogP contribution in [0.15, 0.2) is 18.2 Å². The Hall–Kier alpha value is -1.23. The number of hydrogen-bond donors (Lipinski definition) is 0. The van der Waals surface area contributed by atoms with Gasteiger partial charge < -0.3 is 4.90 Å². The van der Waals surface area contributed by atoms with Crippen LogP contribution in [0.2, 0.25) is 0 Å². The molecule has 0 radical (unpaired) electrons. The molecule has 1 aromatic rings. The van der Waals surface area contributed by atoms with Crippen LogP contribution in [-0.4, -0.2) is 22.5 Å². The third-order valence-corrected chi connectivity index (χ3v) is 3.77. The molecule has 110 valence electrons. The second-order valence-corrected chi connectivity index (χ2v) is 5.32. The first-order valence-corrected chi connectivity index (χ1v) is 6.95. The smallest absolute Gasteiger partial charge is 0.273 e. The van der Waals surface area contributed by atoms with Crippen LogP contribution in [0.3, 0.4) is 0 Å². The molecule has 6 heteroatoms. The third kappa shape index (κ3) is 3.45. The number of nitrogens with zero attached hydrogens (tertiary/aromatic N) is 1. The number of rotatable bonds is 4. The van der Waals surface area contributed by atoms with Gasteiger partial charge in [0.1, 0.15) is 11.6 Å². The molecule has 2 nitrogen and oxygen atoms in total. The maximum Gasteiger partial charge on any atom is 0.273 e. The third-order valence-electron chi connectivity index (χ3n) is 3.58. The SMILES string of the molecule is O=C(C(F)Cl)N(Cc1cc(F)ccc1F)C1CCCC1. The zero-order valence-electron chi connectivity index (χ0n) is 10.8.